The number of carboxylic acids is 1. The number of hydrogen-bond donors (Lipinski definition) is 1. The minimum Gasteiger partial charge on any atom is -0.478 e. The Bertz CT molecular complexity index is 437. The Labute approximate surface area is 85.8 Å². The lowest BCUT2D eigenvalue weighted by molar-refractivity contribution is -0.384. The summed E-state index contributed by atoms with van der Waals surface area (Å²) < 4.78 is 0. The van der Waals surface area contributed by atoms with Gasteiger partial charge in [-0.05, 0) is 18.6 Å². The van der Waals surface area contributed by atoms with Crippen LogP contribution in [0.4, 0.5) is 5.69 Å². The summed E-state index contributed by atoms with van der Waals surface area (Å²) in [6.45, 7) is 1.43. The summed E-state index contributed by atoms with van der Waals surface area (Å²) in [4.78, 5) is 20.4. The second kappa shape index (κ2) is 4.36. The van der Waals surface area contributed by atoms with Crippen molar-refractivity contribution in [2.75, 3.05) is 0 Å². The fourth-order valence-electron chi connectivity index (χ4n) is 1.04. The molecule has 0 spiro atoms. The van der Waals surface area contributed by atoms with Crippen LogP contribution in [-0.2, 0) is 4.79 Å². The van der Waals surface area contributed by atoms with Crippen LogP contribution in [0.15, 0.2) is 29.8 Å². The van der Waals surface area contributed by atoms with Crippen molar-refractivity contribution in [1.82, 2.24) is 0 Å². The predicted octanol–water partition coefficient (Wildman–Crippen LogP) is 2.08. The first-order valence-electron chi connectivity index (χ1n) is 4.17. The molecule has 15 heavy (non-hydrogen) atoms. The minimum absolute atomic E-state index is 0.0538. The van der Waals surface area contributed by atoms with Gasteiger partial charge in [-0.1, -0.05) is 12.1 Å². The molecule has 0 atom stereocenters. The summed E-state index contributed by atoms with van der Waals surface area (Å²) in [6, 6.07) is 5.80. The molecule has 1 aromatic rings. The average Bonchev–Trinajstić information content (AvgIpc) is 2.18. The summed E-state index contributed by atoms with van der Waals surface area (Å²) in [5.41, 5.74) is 0.585. The maximum atomic E-state index is 10.5. The lowest BCUT2D eigenvalue weighted by Gasteiger charge is -1.96. The largest absolute Gasteiger partial charge is 0.478 e. The van der Waals surface area contributed by atoms with Crippen LogP contribution in [-0.4, -0.2) is 16.0 Å². The summed E-state index contributed by atoms with van der Waals surface area (Å²) >= 11 is 0. The average molecular weight is 207 g/mol. The maximum absolute atomic E-state index is 10.5. The smallest absolute Gasteiger partial charge is 0.331 e. The van der Waals surface area contributed by atoms with Crippen molar-refractivity contribution in [3.05, 3.63) is 45.5 Å². The molecule has 0 saturated carbocycles. The number of nitro groups is 1. The van der Waals surface area contributed by atoms with E-state index in [1.54, 1.807) is 6.07 Å². The molecule has 0 aliphatic heterocycles. The van der Waals surface area contributed by atoms with Crippen LogP contribution < -0.4 is 0 Å². The van der Waals surface area contributed by atoms with E-state index in [2.05, 4.69) is 0 Å². The number of carbonyl (C=O) groups is 1. The number of benzene rings is 1. The molecule has 0 amide bonds. The van der Waals surface area contributed by atoms with Gasteiger partial charge in [-0.25, -0.2) is 4.79 Å². The second-order valence-electron chi connectivity index (χ2n) is 2.98. The zero-order valence-corrected chi connectivity index (χ0v) is 8.01. The molecular formula is C10H9NO4. The molecule has 5 nitrogen and oxygen atoms in total. The monoisotopic (exact) mass is 207 g/mol. The summed E-state index contributed by atoms with van der Waals surface area (Å²) in [7, 11) is 0. The normalized spacial score (nSPS) is 11.1. The Kier molecular flexibility index (Phi) is 3.17. The number of aliphatic carboxylic acids is 1. The Morgan fingerprint density at radius 2 is 2.20 bits per heavy atom. The van der Waals surface area contributed by atoms with Crippen molar-refractivity contribution in [2.45, 2.75) is 6.92 Å². The maximum Gasteiger partial charge on any atom is 0.331 e. The molecule has 0 heterocycles. The fraction of sp³-hybridized carbons (Fsp3) is 0.100. The van der Waals surface area contributed by atoms with Crippen LogP contribution in [0.2, 0.25) is 0 Å². The summed E-state index contributed by atoms with van der Waals surface area (Å²) in [5.74, 6) is -1.04. The first-order chi connectivity index (χ1) is 7.00. The van der Waals surface area contributed by atoms with Crippen molar-refractivity contribution in [3.63, 3.8) is 0 Å². The van der Waals surface area contributed by atoms with Crippen LogP contribution in [0.1, 0.15) is 12.5 Å². The highest BCUT2D eigenvalue weighted by Crippen LogP contribution is 2.15. The van der Waals surface area contributed by atoms with E-state index in [1.807, 2.05) is 0 Å². The van der Waals surface area contributed by atoms with E-state index >= 15 is 0 Å². The summed E-state index contributed by atoms with van der Waals surface area (Å²) in [6.07, 6.45) is 1.38. The third-order valence-corrected chi connectivity index (χ3v) is 1.80. The summed E-state index contributed by atoms with van der Waals surface area (Å²) in [5, 5.41) is 19.1. The van der Waals surface area contributed by atoms with Crippen molar-refractivity contribution in [1.29, 1.82) is 0 Å². The number of hydrogen-bond acceptors (Lipinski definition) is 3. The lowest BCUT2D eigenvalue weighted by Crippen LogP contribution is -1.95. The van der Waals surface area contributed by atoms with E-state index < -0.39 is 10.9 Å². The van der Waals surface area contributed by atoms with Gasteiger partial charge in [0.1, 0.15) is 0 Å². The minimum atomic E-state index is -1.04. The van der Waals surface area contributed by atoms with Crippen molar-refractivity contribution in [3.8, 4) is 0 Å². The van der Waals surface area contributed by atoms with E-state index in [-0.39, 0.29) is 11.3 Å². The quantitative estimate of drug-likeness (QED) is 0.467. The Hall–Kier alpha value is -2.17. The topological polar surface area (TPSA) is 80.4 Å². The Morgan fingerprint density at radius 3 is 2.73 bits per heavy atom. The van der Waals surface area contributed by atoms with E-state index in [0.29, 0.717) is 5.56 Å². The molecule has 0 unspecified atom stereocenters. The zero-order valence-electron chi connectivity index (χ0n) is 8.01. The van der Waals surface area contributed by atoms with Gasteiger partial charge < -0.3 is 5.11 Å². The first-order valence-corrected chi connectivity index (χ1v) is 4.17. The van der Waals surface area contributed by atoms with Gasteiger partial charge in [-0.3, -0.25) is 10.1 Å². The highest BCUT2D eigenvalue weighted by atomic mass is 16.6. The van der Waals surface area contributed by atoms with Crippen molar-refractivity contribution < 1.29 is 14.8 Å². The molecule has 0 fully saturated rings. The number of nitro benzene ring substituents is 1. The number of non-ortho nitro benzene ring substituents is 1. The second-order valence-corrected chi connectivity index (χ2v) is 2.98. The van der Waals surface area contributed by atoms with Crippen LogP contribution in [0.5, 0.6) is 0 Å². The third kappa shape index (κ3) is 2.91. The molecular weight excluding hydrogens is 198 g/mol. The van der Waals surface area contributed by atoms with Gasteiger partial charge in [0.15, 0.2) is 0 Å². The molecule has 78 valence electrons. The zero-order chi connectivity index (χ0) is 11.4. The van der Waals surface area contributed by atoms with Gasteiger partial charge >= 0.3 is 5.97 Å². The van der Waals surface area contributed by atoms with Crippen molar-refractivity contribution >= 4 is 17.7 Å². The SMILES string of the molecule is C/C(=C\c1cccc([N+](=O)[O-])c1)C(=O)O. The Morgan fingerprint density at radius 1 is 1.53 bits per heavy atom. The number of nitrogens with zero attached hydrogens (tertiary/aromatic N) is 1. The van der Waals surface area contributed by atoms with Crippen molar-refractivity contribution in [2.24, 2.45) is 0 Å². The molecule has 1 aromatic carbocycles. The molecule has 0 saturated heterocycles. The van der Waals surface area contributed by atoms with E-state index in [4.69, 9.17) is 5.11 Å². The van der Waals surface area contributed by atoms with E-state index in [1.165, 1.54) is 31.2 Å². The Balaban J connectivity index is 3.06. The van der Waals surface area contributed by atoms with Crippen LogP contribution in [0.25, 0.3) is 6.08 Å². The predicted molar refractivity (Wildman–Crippen MR) is 54.4 cm³/mol. The molecule has 0 aromatic heterocycles. The number of rotatable bonds is 3. The molecule has 1 N–H and O–H groups in total. The van der Waals surface area contributed by atoms with E-state index in [9.17, 15) is 14.9 Å². The van der Waals surface area contributed by atoms with Gasteiger partial charge in [0.05, 0.1) is 4.92 Å². The van der Waals surface area contributed by atoms with Gasteiger partial charge in [-0.2, -0.15) is 0 Å². The van der Waals surface area contributed by atoms with Gasteiger partial charge in [0.2, 0.25) is 0 Å². The lowest BCUT2D eigenvalue weighted by atomic mass is 10.1. The third-order valence-electron chi connectivity index (χ3n) is 1.80. The molecule has 5 heteroatoms. The van der Waals surface area contributed by atoms with Gasteiger partial charge in [-0.15, -0.1) is 0 Å². The highest BCUT2D eigenvalue weighted by Gasteiger charge is 2.05. The number of carboxylic acid groups (broad SMARTS) is 1. The van der Waals surface area contributed by atoms with Crippen LogP contribution >= 0.6 is 0 Å². The van der Waals surface area contributed by atoms with E-state index in [0.717, 1.165) is 0 Å². The molecule has 0 aliphatic rings. The van der Waals surface area contributed by atoms with Crippen LogP contribution in [0.3, 0.4) is 0 Å². The molecule has 1 rings (SSSR count). The molecule has 0 radical (unpaired) electrons. The fourth-order valence-corrected chi connectivity index (χ4v) is 1.04. The standard InChI is InChI=1S/C10H9NO4/c1-7(10(12)13)5-8-3-2-4-9(6-8)11(14)15/h2-6H,1H3,(H,12,13)/b7-5+. The molecule has 0 aliphatic carbocycles. The van der Waals surface area contributed by atoms with Gasteiger partial charge in [0, 0.05) is 17.7 Å². The highest BCUT2D eigenvalue weighted by molar-refractivity contribution is 5.91. The first kappa shape index (κ1) is 10.9. The van der Waals surface area contributed by atoms with Crippen LogP contribution in [0, 0.1) is 10.1 Å². The molecule has 0 bridgehead atoms. The van der Waals surface area contributed by atoms with Gasteiger partial charge in [0.25, 0.3) is 5.69 Å².